The smallest absolute Gasteiger partial charge is 0.0206 e. The molecule has 0 spiro atoms. The molecule has 2 heteroatoms. The van der Waals surface area contributed by atoms with Crippen LogP contribution < -0.4 is 10.6 Å². The Labute approximate surface area is 57.0 Å². The van der Waals surface area contributed by atoms with Crippen LogP contribution in [0.2, 0.25) is 0 Å². The molecule has 1 aliphatic heterocycles. The summed E-state index contributed by atoms with van der Waals surface area (Å²) in [6.45, 7) is 6.72. The van der Waals surface area contributed by atoms with Gasteiger partial charge >= 0.3 is 0 Å². The lowest BCUT2D eigenvalue weighted by molar-refractivity contribution is 0.489. The minimum atomic E-state index is 0.634. The molecular formula is C7H16N2. The summed E-state index contributed by atoms with van der Waals surface area (Å²) in [4.78, 5) is 0. The van der Waals surface area contributed by atoms with E-state index in [0.29, 0.717) is 6.04 Å². The molecule has 1 rings (SSSR count). The highest BCUT2D eigenvalue weighted by atomic mass is 15.0. The summed E-state index contributed by atoms with van der Waals surface area (Å²) in [6.07, 6.45) is 1.29. The van der Waals surface area contributed by atoms with Crippen LogP contribution in [0, 0.1) is 0 Å². The highest BCUT2D eigenvalue weighted by Crippen LogP contribution is 1.97. The van der Waals surface area contributed by atoms with Gasteiger partial charge in [-0.2, -0.15) is 0 Å². The largest absolute Gasteiger partial charge is 0.315 e. The topological polar surface area (TPSA) is 24.1 Å². The van der Waals surface area contributed by atoms with Gasteiger partial charge in [-0.05, 0) is 13.0 Å². The quantitative estimate of drug-likeness (QED) is 0.560. The van der Waals surface area contributed by atoms with E-state index in [1.807, 2.05) is 0 Å². The zero-order valence-corrected chi connectivity index (χ0v) is 6.28. The first-order valence-electron chi connectivity index (χ1n) is 3.76. The molecule has 1 unspecified atom stereocenters. The summed E-state index contributed by atoms with van der Waals surface area (Å²) in [5.41, 5.74) is 0. The minimum Gasteiger partial charge on any atom is -0.315 e. The molecule has 9 heavy (non-hydrogen) atoms. The molecule has 0 aromatic carbocycles. The normalized spacial score (nSPS) is 27.7. The standard InChI is InChI=1S/C7H16N2/c1-6(2)9-7-3-4-8-5-7/h6-9H,3-5H2,1-2H3. The van der Waals surface area contributed by atoms with Gasteiger partial charge in [-0.1, -0.05) is 13.8 Å². The highest BCUT2D eigenvalue weighted by molar-refractivity contribution is 4.78. The fourth-order valence-electron chi connectivity index (χ4n) is 1.27. The molecule has 0 aliphatic carbocycles. The van der Waals surface area contributed by atoms with E-state index >= 15 is 0 Å². The zero-order valence-electron chi connectivity index (χ0n) is 6.28. The van der Waals surface area contributed by atoms with Crippen LogP contribution in [0.1, 0.15) is 20.3 Å². The Morgan fingerprint density at radius 3 is 2.78 bits per heavy atom. The van der Waals surface area contributed by atoms with Crippen LogP contribution in [0.3, 0.4) is 0 Å². The molecular weight excluding hydrogens is 112 g/mol. The molecule has 1 saturated heterocycles. The van der Waals surface area contributed by atoms with Crippen molar-refractivity contribution in [3.63, 3.8) is 0 Å². The summed E-state index contributed by atoms with van der Waals surface area (Å²) >= 11 is 0. The monoisotopic (exact) mass is 128 g/mol. The van der Waals surface area contributed by atoms with Crippen molar-refractivity contribution in [2.24, 2.45) is 0 Å². The SMILES string of the molecule is CC(C)NC1CCNC1. The predicted octanol–water partition coefficient (Wildman–Crippen LogP) is 0.346. The van der Waals surface area contributed by atoms with Gasteiger partial charge in [-0.15, -0.1) is 0 Å². The lowest BCUT2D eigenvalue weighted by Gasteiger charge is -2.13. The van der Waals surface area contributed by atoms with Crippen molar-refractivity contribution in [1.82, 2.24) is 10.6 Å². The summed E-state index contributed by atoms with van der Waals surface area (Å²) in [6, 6.07) is 1.36. The van der Waals surface area contributed by atoms with Crippen molar-refractivity contribution in [2.75, 3.05) is 13.1 Å². The maximum absolute atomic E-state index is 3.48. The Hall–Kier alpha value is -0.0800. The van der Waals surface area contributed by atoms with Gasteiger partial charge in [-0.3, -0.25) is 0 Å². The van der Waals surface area contributed by atoms with Gasteiger partial charge in [0.15, 0.2) is 0 Å². The molecule has 0 amide bonds. The van der Waals surface area contributed by atoms with Gasteiger partial charge in [0.1, 0.15) is 0 Å². The van der Waals surface area contributed by atoms with Crippen LogP contribution in [0.25, 0.3) is 0 Å². The van der Waals surface area contributed by atoms with Crippen molar-refractivity contribution in [2.45, 2.75) is 32.4 Å². The van der Waals surface area contributed by atoms with Crippen molar-refractivity contribution in [3.05, 3.63) is 0 Å². The maximum Gasteiger partial charge on any atom is 0.0206 e. The predicted molar refractivity (Wildman–Crippen MR) is 39.5 cm³/mol. The number of nitrogens with one attached hydrogen (secondary N) is 2. The van der Waals surface area contributed by atoms with E-state index in [1.165, 1.54) is 13.0 Å². The molecule has 1 aliphatic rings. The summed E-state index contributed by atoms with van der Waals surface area (Å²) in [5.74, 6) is 0. The second kappa shape index (κ2) is 3.18. The van der Waals surface area contributed by atoms with Crippen LogP contribution in [-0.4, -0.2) is 25.2 Å². The molecule has 0 radical (unpaired) electrons. The Morgan fingerprint density at radius 2 is 2.33 bits per heavy atom. The summed E-state index contributed by atoms with van der Waals surface area (Å²) in [7, 11) is 0. The lowest BCUT2D eigenvalue weighted by Crippen LogP contribution is -2.35. The van der Waals surface area contributed by atoms with Gasteiger partial charge < -0.3 is 10.6 Å². The third-order valence-electron chi connectivity index (χ3n) is 1.63. The van der Waals surface area contributed by atoms with Crippen LogP contribution in [0.4, 0.5) is 0 Å². The fraction of sp³-hybridized carbons (Fsp3) is 1.00. The molecule has 2 nitrogen and oxygen atoms in total. The average Bonchev–Trinajstić information content (AvgIpc) is 2.15. The Kier molecular flexibility index (Phi) is 2.49. The Bertz CT molecular complexity index is 75.0. The maximum atomic E-state index is 3.48. The van der Waals surface area contributed by atoms with Gasteiger partial charge in [0.2, 0.25) is 0 Å². The van der Waals surface area contributed by atoms with Gasteiger partial charge in [0.25, 0.3) is 0 Å². The Balaban J connectivity index is 2.11. The van der Waals surface area contributed by atoms with Crippen molar-refractivity contribution in [3.8, 4) is 0 Å². The van der Waals surface area contributed by atoms with Crippen molar-refractivity contribution >= 4 is 0 Å². The third kappa shape index (κ3) is 2.33. The van der Waals surface area contributed by atoms with Crippen molar-refractivity contribution in [1.29, 1.82) is 0 Å². The molecule has 0 saturated carbocycles. The molecule has 0 aromatic heterocycles. The number of hydrogen-bond acceptors (Lipinski definition) is 2. The second-order valence-corrected chi connectivity index (χ2v) is 3.01. The average molecular weight is 128 g/mol. The van der Waals surface area contributed by atoms with Crippen LogP contribution in [0.15, 0.2) is 0 Å². The molecule has 1 heterocycles. The first kappa shape index (κ1) is 7.03. The fourth-order valence-corrected chi connectivity index (χ4v) is 1.27. The first-order valence-corrected chi connectivity index (χ1v) is 3.76. The number of hydrogen-bond donors (Lipinski definition) is 2. The Morgan fingerprint density at radius 1 is 1.56 bits per heavy atom. The van der Waals surface area contributed by atoms with E-state index in [2.05, 4.69) is 24.5 Å². The zero-order chi connectivity index (χ0) is 6.69. The summed E-state index contributed by atoms with van der Waals surface area (Å²) < 4.78 is 0. The molecule has 1 atom stereocenters. The van der Waals surface area contributed by atoms with E-state index in [0.717, 1.165) is 12.6 Å². The van der Waals surface area contributed by atoms with Crippen LogP contribution in [0.5, 0.6) is 0 Å². The van der Waals surface area contributed by atoms with E-state index in [4.69, 9.17) is 0 Å². The van der Waals surface area contributed by atoms with Crippen molar-refractivity contribution < 1.29 is 0 Å². The van der Waals surface area contributed by atoms with E-state index in [9.17, 15) is 0 Å². The molecule has 1 fully saturated rings. The van der Waals surface area contributed by atoms with E-state index in [-0.39, 0.29) is 0 Å². The summed E-state index contributed by atoms with van der Waals surface area (Å²) in [5, 5.41) is 6.79. The second-order valence-electron chi connectivity index (χ2n) is 3.01. The molecule has 0 aromatic rings. The van der Waals surface area contributed by atoms with Gasteiger partial charge in [0, 0.05) is 18.6 Å². The van der Waals surface area contributed by atoms with Crippen LogP contribution >= 0.6 is 0 Å². The van der Waals surface area contributed by atoms with E-state index < -0.39 is 0 Å². The first-order chi connectivity index (χ1) is 4.29. The van der Waals surface area contributed by atoms with Gasteiger partial charge in [0.05, 0.1) is 0 Å². The van der Waals surface area contributed by atoms with Crippen LogP contribution in [-0.2, 0) is 0 Å². The minimum absolute atomic E-state index is 0.634. The third-order valence-corrected chi connectivity index (χ3v) is 1.63. The highest BCUT2D eigenvalue weighted by Gasteiger charge is 2.13. The molecule has 54 valence electrons. The van der Waals surface area contributed by atoms with Gasteiger partial charge in [-0.25, -0.2) is 0 Å². The number of rotatable bonds is 2. The molecule has 0 bridgehead atoms. The molecule has 2 N–H and O–H groups in total. The van der Waals surface area contributed by atoms with E-state index in [1.54, 1.807) is 0 Å². The lowest BCUT2D eigenvalue weighted by atomic mass is 10.2.